The summed E-state index contributed by atoms with van der Waals surface area (Å²) in [4.78, 5) is 126. The van der Waals surface area contributed by atoms with Crippen LogP contribution in [0, 0.1) is 5.92 Å². The number of rotatable bonds is 51. The molecule has 2 aliphatic carbocycles. The van der Waals surface area contributed by atoms with Gasteiger partial charge in [0.05, 0.1) is 135 Å². The second-order valence-corrected chi connectivity index (χ2v) is 23.9. The van der Waals surface area contributed by atoms with Gasteiger partial charge in [-0.15, -0.1) is 0 Å². The van der Waals surface area contributed by atoms with Crippen LogP contribution in [-0.2, 0) is 104 Å². The average molecular weight is 1320 g/mol. The first kappa shape index (κ1) is 75.8. The van der Waals surface area contributed by atoms with Gasteiger partial charge in [-0.25, -0.2) is 23.2 Å². The largest absolute Gasteiger partial charge is 0.479 e. The fraction of sp³-hybridized carbons (Fsp3) is 0.683. The van der Waals surface area contributed by atoms with Crippen LogP contribution < -0.4 is 37.2 Å². The molecule has 0 bridgehead atoms. The molecule has 3 atom stereocenters. The molecule has 8 N–H and O–H groups in total. The molecule has 514 valence electrons. The van der Waals surface area contributed by atoms with Crippen molar-refractivity contribution in [1.29, 1.82) is 0 Å². The Kier molecular flexibility index (Phi) is 36.1. The van der Waals surface area contributed by atoms with Gasteiger partial charge in [0.1, 0.15) is 18.8 Å². The Labute approximate surface area is 536 Å². The smallest absolute Gasteiger partial charge is 0.333 e. The predicted molar refractivity (Wildman–Crippen MR) is 326 cm³/mol. The van der Waals surface area contributed by atoms with Crippen LogP contribution >= 0.6 is 0 Å². The lowest BCUT2D eigenvalue weighted by atomic mass is 10.1. The van der Waals surface area contributed by atoms with Gasteiger partial charge in [-0.3, -0.25) is 38.4 Å². The molecule has 3 aliphatic rings. The molecule has 8 amide bonds. The Balaban J connectivity index is 1.00. The molecule has 0 unspecified atom stereocenters. The quantitative estimate of drug-likeness (QED) is 0.0213. The number of carbonyl (C=O) groups is 9. The van der Waals surface area contributed by atoms with Crippen molar-refractivity contribution in [2.45, 2.75) is 112 Å². The number of aliphatic carboxylic acids is 1. The highest BCUT2D eigenvalue weighted by molar-refractivity contribution is 7.91. The number of unbranched alkanes of at least 4 members (excludes halogenated alkanes) is 1. The van der Waals surface area contributed by atoms with Crippen molar-refractivity contribution in [3.8, 4) is 0 Å². The van der Waals surface area contributed by atoms with Gasteiger partial charge in [0.15, 0.2) is 6.10 Å². The highest BCUT2D eigenvalue weighted by Crippen LogP contribution is 2.34. The number of carbonyl (C=O) groups excluding carboxylic acids is 8. The lowest BCUT2D eigenvalue weighted by Gasteiger charge is -2.28. The lowest BCUT2D eigenvalue weighted by molar-refractivity contribution is -0.153. The molecule has 32 heteroatoms. The summed E-state index contributed by atoms with van der Waals surface area (Å²) in [6, 6.07) is 6.30. The van der Waals surface area contributed by atoms with E-state index in [1.54, 1.807) is 37.4 Å². The van der Waals surface area contributed by atoms with Crippen molar-refractivity contribution in [3.05, 3.63) is 53.3 Å². The SMILES string of the molecule is COCCOCCOCCOCCOCCOCCOCCOCCC(=O)NCCCC[C@H](NC(=O)CCN1CCc2nc(S(=O)(=O)C3CCCC3)ncc2C1=O)C(=O)NCC(=O)NCC(=O)N[C@@H](Cc1ccccc1)C(=O)NCC(=O)NCO[C@H](C(=O)O)C1CC1. The number of amides is 8. The summed E-state index contributed by atoms with van der Waals surface area (Å²) in [5.74, 6) is -6.32. The average Bonchev–Trinajstić information content (AvgIpc) is 0.997. The summed E-state index contributed by atoms with van der Waals surface area (Å²) < 4.78 is 74.7. The predicted octanol–water partition coefficient (Wildman–Crippen LogP) is -1.47. The third-order valence-corrected chi connectivity index (χ3v) is 16.7. The zero-order chi connectivity index (χ0) is 66.2. The summed E-state index contributed by atoms with van der Waals surface area (Å²) >= 11 is 0. The van der Waals surface area contributed by atoms with Crippen molar-refractivity contribution in [2.75, 3.05) is 152 Å². The number of nitrogens with zero attached hydrogens (tertiary/aromatic N) is 3. The van der Waals surface area contributed by atoms with Gasteiger partial charge in [-0.2, -0.15) is 0 Å². The first-order valence-electron chi connectivity index (χ1n) is 31.3. The van der Waals surface area contributed by atoms with E-state index >= 15 is 0 Å². The van der Waals surface area contributed by atoms with Gasteiger partial charge in [0, 0.05) is 58.6 Å². The van der Waals surface area contributed by atoms with Crippen LogP contribution in [0.1, 0.15) is 92.2 Å². The summed E-state index contributed by atoms with van der Waals surface area (Å²) in [5.41, 5.74) is 1.10. The highest BCUT2D eigenvalue weighted by Gasteiger charge is 2.38. The molecule has 2 heterocycles. The molecule has 2 aromatic rings. The van der Waals surface area contributed by atoms with Crippen molar-refractivity contribution in [3.63, 3.8) is 0 Å². The van der Waals surface area contributed by atoms with Crippen LogP contribution in [0.25, 0.3) is 0 Å². The maximum absolute atomic E-state index is 13.7. The van der Waals surface area contributed by atoms with E-state index in [9.17, 15) is 56.7 Å². The van der Waals surface area contributed by atoms with Gasteiger partial charge < -0.3 is 89.9 Å². The summed E-state index contributed by atoms with van der Waals surface area (Å²) in [6.45, 7) is 4.31. The van der Waals surface area contributed by atoms with E-state index in [4.69, 9.17) is 42.6 Å². The van der Waals surface area contributed by atoms with Crippen molar-refractivity contribution in [2.24, 2.45) is 5.92 Å². The minimum absolute atomic E-state index is 0.00811. The van der Waals surface area contributed by atoms with Crippen LogP contribution in [0.15, 0.2) is 41.7 Å². The minimum Gasteiger partial charge on any atom is -0.479 e. The Morgan fingerprint density at radius 3 is 1.74 bits per heavy atom. The normalized spacial score (nSPS) is 15.0. The first-order valence-corrected chi connectivity index (χ1v) is 32.8. The topological polar surface area (TPSA) is 404 Å². The van der Waals surface area contributed by atoms with Gasteiger partial charge in [-0.1, -0.05) is 43.2 Å². The van der Waals surface area contributed by atoms with Gasteiger partial charge in [0.2, 0.25) is 56.3 Å². The Morgan fingerprint density at radius 2 is 1.16 bits per heavy atom. The number of benzene rings is 1. The molecular weight excluding hydrogens is 1230 g/mol. The zero-order valence-electron chi connectivity index (χ0n) is 52.5. The Bertz CT molecular complexity index is 2730. The summed E-state index contributed by atoms with van der Waals surface area (Å²) in [7, 11) is -2.14. The highest BCUT2D eigenvalue weighted by atomic mass is 32.2. The van der Waals surface area contributed by atoms with Crippen LogP contribution in [0.4, 0.5) is 0 Å². The number of carboxylic acids is 1. The molecular formula is C60H92N10O21S. The maximum Gasteiger partial charge on any atom is 0.333 e. The van der Waals surface area contributed by atoms with E-state index in [2.05, 4.69) is 47.2 Å². The lowest BCUT2D eigenvalue weighted by Crippen LogP contribution is -2.53. The number of fused-ring (bicyclic) bond motifs is 1. The van der Waals surface area contributed by atoms with E-state index in [0.29, 0.717) is 136 Å². The molecule has 1 aromatic carbocycles. The monoisotopic (exact) mass is 1320 g/mol. The second kappa shape index (κ2) is 43.9. The van der Waals surface area contributed by atoms with E-state index in [-0.39, 0.29) is 87.5 Å². The molecule has 0 spiro atoms. The van der Waals surface area contributed by atoms with Gasteiger partial charge in [-0.05, 0) is 56.4 Å². The third-order valence-electron chi connectivity index (χ3n) is 14.7. The number of nitrogens with one attached hydrogen (secondary N) is 7. The number of sulfone groups is 1. The number of carboxylic acid groups (broad SMARTS) is 1. The summed E-state index contributed by atoms with van der Waals surface area (Å²) in [5, 5.41) is 26.2. The minimum atomic E-state index is -3.76. The van der Waals surface area contributed by atoms with Crippen LogP contribution in [-0.4, -0.2) is 257 Å². The van der Waals surface area contributed by atoms with Crippen LogP contribution in [0.3, 0.4) is 0 Å². The molecule has 5 rings (SSSR count). The maximum atomic E-state index is 13.7. The number of ether oxygens (including phenoxy) is 9. The molecule has 2 fully saturated rings. The molecule has 1 aromatic heterocycles. The van der Waals surface area contributed by atoms with Gasteiger partial charge in [0.25, 0.3) is 5.91 Å². The standard InChI is InChI=1S/C60H92N10O21S/c1-83-23-24-85-27-28-87-31-32-89-35-36-90-34-33-88-30-29-86-26-25-84-22-18-50(71)61-19-8-7-13-48(67-51(72)17-21-70-20-16-47-46(58(70)78)38-65-60(69-47)92(81,82)45-11-5-6-12-45)56(76)63-39-52(73)62-41-54(75)68-49(37-43-9-3-2-4-10-43)57(77)64-40-53(74)66-42-91-55(59(79)80)44-14-15-44/h2-4,9-10,38,44-45,48-49,55H,5-8,11-37,39-42H2,1H3,(H,61,71)(H,62,73)(H,63,76)(H,64,77)(H,66,74)(H,67,72)(H,68,75)(H,79,80)/t48-,49-,55-/m0/s1. The summed E-state index contributed by atoms with van der Waals surface area (Å²) in [6.07, 6.45) is 5.11. The molecule has 0 radical (unpaired) electrons. The number of methoxy groups -OCH3 is 1. The molecule has 2 saturated carbocycles. The number of hydrogen-bond acceptors (Lipinski definition) is 22. The van der Waals surface area contributed by atoms with Crippen LogP contribution in [0.2, 0.25) is 0 Å². The van der Waals surface area contributed by atoms with Crippen LogP contribution in [0.5, 0.6) is 0 Å². The van der Waals surface area contributed by atoms with E-state index in [1.807, 2.05) is 0 Å². The fourth-order valence-electron chi connectivity index (χ4n) is 9.48. The van der Waals surface area contributed by atoms with E-state index in [1.165, 1.54) is 11.1 Å². The first-order chi connectivity index (χ1) is 44.5. The molecule has 0 saturated heterocycles. The van der Waals surface area contributed by atoms with E-state index < -0.39 is 107 Å². The van der Waals surface area contributed by atoms with Crippen molar-refractivity contribution in [1.82, 2.24) is 52.1 Å². The van der Waals surface area contributed by atoms with Gasteiger partial charge >= 0.3 is 5.97 Å². The Hall–Kier alpha value is -6.88. The number of hydrogen-bond donors (Lipinski definition) is 8. The second-order valence-electron chi connectivity index (χ2n) is 21.8. The Morgan fingerprint density at radius 1 is 0.620 bits per heavy atom. The van der Waals surface area contributed by atoms with Crippen molar-refractivity contribution >= 4 is 63.1 Å². The molecule has 92 heavy (non-hydrogen) atoms. The zero-order valence-corrected chi connectivity index (χ0v) is 53.3. The molecule has 1 aliphatic heterocycles. The fourth-order valence-corrected chi connectivity index (χ4v) is 11.2. The third kappa shape index (κ3) is 30.3. The van der Waals surface area contributed by atoms with E-state index in [0.717, 1.165) is 12.8 Å². The molecule has 31 nitrogen and oxygen atoms in total. The number of aromatic nitrogens is 2. The van der Waals surface area contributed by atoms with Crippen molar-refractivity contribution < 1.29 is 99.3 Å².